The van der Waals surface area contributed by atoms with Crippen molar-refractivity contribution in [1.82, 2.24) is 9.62 Å². The van der Waals surface area contributed by atoms with Gasteiger partial charge in [-0.05, 0) is 43.5 Å². The topological polar surface area (TPSA) is 86.8 Å². The van der Waals surface area contributed by atoms with Gasteiger partial charge in [0.2, 0.25) is 21.8 Å². The second-order valence-electron chi connectivity index (χ2n) is 8.42. The molecule has 0 spiro atoms. The van der Waals surface area contributed by atoms with Crippen LogP contribution in [0.1, 0.15) is 44.2 Å². The maximum absolute atomic E-state index is 13.3. The molecule has 0 aromatic heterocycles. The van der Waals surface area contributed by atoms with Crippen LogP contribution in [0.25, 0.3) is 0 Å². The van der Waals surface area contributed by atoms with Crippen molar-refractivity contribution in [3.63, 3.8) is 0 Å². The number of benzene rings is 2. The first-order chi connectivity index (χ1) is 15.9. The van der Waals surface area contributed by atoms with Gasteiger partial charge in [0.1, 0.15) is 6.54 Å². The zero-order valence-corrected chi connectivity index (χ0v) is 20.3. The van der Waals surface area contributed by atoms with Crippen molar-refractivity contribution in [2.45, 2.75) is 48.4 Å². The molecule has 2 aromatic carbocycles. The van der Waals surface area contributed by atoms with Crippen LogP contribution >= 0.6 is 11.8 Å². The molecule has 2 aliphatic heterocycles. The first kappa shape index (κ1) is 23.8. The third-order valence-corrected chi connectivity index (χ3v) is 9.00. The van der Waals surface area contributed by atoms with Crippen LogP contribution in [0.2, 0.25) is 0 Å². The number of carbonyl (C=O) groups is 2. The molecule has 1 N–H and O–H groups in total. The second-order valence-corrected chi connectivity index (χ2v) is 11.4. The lowest BCUT2D eigenvalue weighted by Crippen LogP contribution is -2.44. The summed E-state index contributed by atoms with van der Waals surface area (Å²) in [5, 5.41) is 2.93. The van der Waals surface area contributed by atoms with Crippen molar-refractivity contribution < 1.29 is 18.0 Å². The maximum Gasteiger partial charge on any atom is 0.243 e. The predicted octanol–water partition coefficient (Wildman–Crippen LogP) is 3.57. The Labute approximate surface area is 199 Å². The molecular weight excluding hydrogens is 458 g/mol. The average molecular weight is 488 g/mol. The Morgan fingerprint density at radius 3 is 2.45 bits per heavy atom. The molecule has 4 rings (SSSR count). The SMILES string of the molecule is CC(NC(=O)CN1C(=O)CSc2ccc(S(=O)(=O)N3CCCCCC3)cc21)c1ccccc1. The number of hydrogen-bond acceptors (Lipinski definition) is 5. The van der Waals surface area contributed by atoms with Gasteiger partial charge in [-0.1, -0.05) is 43.2 Å². The van der Waals surface area contributed by atoms with Gasteiger partial charge in [0.05, 0.1) is 22.4 Å². The third kappa shape index (κ3) is 5.42. The highest BCUT2D eigenvalue weighted by Crippen LogP contribution is 2.37. The summed E-state index contributed by atoms with van der Waals surface area (Å²) in [7, 11) is -3.66. The van der Waals surface area contributed by atoms with Crippen molar-refractivity contribution in [3.8, 4) is 0 Å². The summed E-state index contributed by atoms with van der Waals surface area (Å²) in [4.78, 5) is 27.9. The molecule has 1 saturated heterocycles. The van der Waals surface area contributed by atoms with Gasteiger partial charge in [-0.3, -0.25) is 9.59 Å². The summed E-state index contributed by atoms with van der Waals surface area (Å²) < 4.78 is 28.1. The van der Waals surface area contributed by atoms with E-state index in [9.17, 15) is 18.0 Å². The third-order valence-electron chi connectivity index (χ3n) is 6.05. The highest BCUT2D eigenvalue weighted by Gasteiger charge is 2.31. The normalized spacial score (nSPS) is 18.3. The minimum atomic E-state index is -3.66. The Kier molecular flexibility index (Phi) is 7.41. The zero-order chi connectivity index (χ0) is 23.4. The number of nitrogens with zero attached hydrogens (tertiary/aromatic N) is 2. The lowest BCUT2D eigenvalue weighted by Gasteiger charge is -2.30. The molecule has 176 valence electrons. The van der Waals surface area contributed by atoms with E-state index in [1.807, 2.05) is 37.3 Å². The van der Waals surface area contributed by atoms with E-state index in [1.165, 1.54) is 21.0 Å². The van der Waals surface area contributed by atoms with Gasteiger partial charge in [0.15, 0.2) is 0 Å². The molecule has 0 bridgehead atoms. The van der Waals surface area contributed by atoms with E-state index in [4.69, 9.17) is 0 Å². The fourth-order valence-electron chi connectivity index (χ4n) is 4.20. The number of fused-ring (bicyclic) bond motifs is 1. The lowest BCUT2D eigenvalue weighted by molar-refractivity contribution is -0.123. The molecule has 1 atom stereocenters. The Morgan fingerprint density at radius 2 is 1.76 bits per heavy atom. The number of carbonyl (C=O) groups excluding carboxylic acids is 2. The molecule has 2 aromatic rings. The fourth-order valence-corrected chi connectivity index (χ4v) is 6.66. The molecule has 0 aliphatic carbocycles. The minimum absolute atomic E-state index is 0.156. The fraction of sp³-hybridized carbons (Fsp3) is 0.417. The van der Waals surface area contributed by atoms with Crippen molar-refractivity contribution in [2.24, 2.45) is 0 Å². The van der Waals surface area contributed by atoms with Crippen LogP contribution in [0, 0.1) is 0 Å². The van der Waals surface area contributed by atoms with Gasteiger partial charge in [0, 0.05) is 18.0 Å². The summed E-state index contributed by atoms with van der Waals surface area (Å²) >= 11 is 1.37. The smallest absolute Gasteiger partial charge is 0.243 e. The van der Waals surface area contributed by atoms with Crippen molar-refractivity contribution in [1.29, 1.82) is 0 Å². The standard InChI is InChI=1S/C24H29N3O4S2/c1-18(19-9-5-4-6-10-19)25-23(28)16-27-21-15-20(11-12-22(21)32-17-24(27)29)33(30,31)26-13-7-2-3-8-14-26/h4-6,9-12,15,18H,2-3,7-8,13-14,16-17H2,1H3,(H,25,28). The molecule has 1 fully saturated rings. The first-order valence-electron chi connectivity index (χ1n) is 11.3. The molecule has 33 heavy (non-hydrogen) atoms. The van der Waals surface area contributed by atoms with Crippen LogP contribution in [-0.2, 0) is 19.6 Å². The van der Waals surface area contributed by atoms with E-state index in [2.05, 4.69) is 5.32 Å². The van der Waals surface area contributed by atoms with E-state index in [-0.39, 0.29) is 35.0 Å². The molecule has 0 radical (unpaired) electrons. The second kappa shape index (κ2) is 10.3. The highest BCUT2D eigenvalue weighted by molar-refractivity contribution is 8.00. The number of nitrogens with one attached hydrogen (secondary N) is 1. The molecule has 9 heteroatoms. The largest absolute Gasteiger partial charge is 0.348 e. The molecule has 0 saturated carbocycles. The molecule has 2 amide bonds. The number of sulfonamides is 1. The van der Waals surface area contributed by atoms with Gasteiger partial charge in [-0.15, -0.1) is 11.8 Å². The zero-order valence-electron chi connectivity index (χ0n) is 18.7. The van der Waals surface area contributed by atoms with E-state index in [0.717, 1.165) is 36.1 Å². The van der Waals surface area contributed by atoms with Crippen LogP contribution in [0.3, 0.4) is 0 Å². The number of rotatable bonds is 6. The van der Waals surface area contributed by atoms with Crippen molar-refractivity contribution in [3.05, 3.63) is 54.1 Å². The lowest BCUT2D eigenvalue weighted by atomic mass is 10.1. The van der Waals surface area contributed by atoms with Gasteiger partial charge in [-0.25, -0.2) is 8.42 Å². The van der Waals surface area contributed by atoms with Gasteiger partial charge >= 0.3 is 0 Å². The summed E-state index contributed by atoms with van der Waals surface area (Å²) in [6, 6.07) is 14.3. The molecule has 1 unspecified atom stereocenters. The van der Waals surface area contributed by atoms with Gasteiger partial charge in [0.25, 0.3) is 0 Å². The molecule has 2 aliphatic rings. The van der Waals surface area contributed by atoms with E-state index >= 15 is 0 Å². The number of anilines is 1. The molecular formula is C24H29N3O4S2. The number of hydrogen-bond donors (Lipinski definition) is 1. The van der Waals surface area contributed by atoms with Crippen LogP contribution in [0.4, 0.5) is 5.69 Å². The van der Waals surface area contributed by atoms with Crippen molar-refractivity contribution >= 4 is 39.3 Å². The first-order valence-corrected chi connectivity index (χ1v) is 13.7. The maximum atomic E-state index is 13.3. The van der Waals surface area contributed by atoms with Crippen molar-refractivity contribution in [2.75, 3.05) is 30.3 Å². The summed E-state index contributed by atoms with van der Waals surface area (Å²) in [6.45, 7) is 2.75. The summed E-state index contributed by atoms with van der Waals surface area (Å²) in [5.74, 6) is -0.287. The van der Waals surface area contributed by atoms with Crippen LogP contribution < -0.4 is 10.2 Å². The quantitative estimate of drug-likeness (QED) is 0.673. The summed E-state index contributed by atoms with van der Waals surface area (Å²) in [5.41, 5.74) is 1.45. The summed E-state index contributed by atoms with van der Waals surface area (Å²) in [6.07, 6.45) is 3.77. The highest BCUT2D eigenvalue weighted by atomic mass is 32.2. The van der Waals surface area contributed by atoms with Crippen LogP contribution in [0.15, 0.2) is 58.3 Å². The average Bonchev–Trinajstić information content (AvgIpc) is 3.11. The van der Waals surface area contributed by atoms with E-state index in [1.54, 1.807) is 18.2 Å². The number of amides is 2. The Bertz CT molecular complexity index is 1110. The number of thioether (sulfide) groups is 1. The Balaban J connectivity index is 1.55. The molecule has 7 nitrogen and oxygen atoms in total. The predicted molar refractivity (Wildman–Crippen MR) is 130 cm³/mol. The minimum Gasteiger partial charge on any atom is -0.348 e. The van der Waals surface area contributed by atoms with Gasteiger partial charge < -0.3 is 10.2 Å². The Hall–Kier alpha value is -2.36. The van der Waals surface area contributed by atoms with Gasteiger partial charge in [-0.2, -0.15) is 4.31 Å². The van der Waals surface area contributed by atoms with Crippen LogP contribution in [0.5, 0.6) is 0 Å². The Morgan fingerprint density at radius 1 is 1.06 bits per heavy atom. The van der Waals surface area contributed by atoms with E-state index in [0.29, 0.717) is 18.8 Å². The van der Waals surface area contributed by atoms with Crippen LogP contribution in [-0.4, -0.2) is 49.9 Å². The van der Waals surface area contributed by atoms with E-state index < -0.39 is 10.0 Å². The monoisotopic (exact) mass is 487 g/mol. The molecule has 2 heterocycles.